The smallest absolute Gasteiger partial charge is 0.243 e. The lowest BCUT2D eigenvalue weighted by Gasteiger charge is -2.23. The van der Waals surface area contributed by atoms with Crippen molar-refractivity contribution in [2.24, 2.45) is 0 Å². The van der Waals surface area contributed by atoms with Crippen molar-refractivity contribution in [1.82, 2.24) is 4.31 Å². The van der Waals surface area contributed by atoms with Crippen molar-refractivity contribution in [1.29, 1.82) is 0 Å². The fourth-order valence-electron chi connectivity index (χ4n) is 3.01. The molecule has 1 saturated heterocycles. The Morgan fingerprint density at radius 2 is 1.92 bits per heavy atom. The van der Waals surface area contributed by atoms with Crippen LogP contribution < -0.4 is 4.74 Å². The average molecular weight is 398 g/mol. The zero-order chi connectivity index (χ0) is 18.9. The van der Waals surface area contributed by atoms with Crippen LogP contribution in [-0.2, 0) is 10.0 Å². The average Bonchev–Trinajstić information content (AvgIpc) is 3.14. The number of Topliss-reactive ketones (excluding diaryl/α,β-unsaturated/α-hetero) is 1. The number of sulfonamides is 1. The number of carbonyl (C=O) groups is 1. The topological polar surface area (TPSA) is 63.7 Å². The first-order chi connectivity index (χ1) is 12.3. The first-order valence-corrected chi connectivity index (χ1v) is 9.81. The third-order valence-corrected chi connectivity index (χ3v) is 6.57. The summed E-state index contributed by atoms with van der Waals surface area (Å²) in [6.45, 7) is 0.226. The molecule has 3 rings (SSSR count). The van der Waals surface area contributed by atoms with Gasteiger partial charge in [-0.15, -0.1) is 0 Å². The van der Waals surface area contributed by atoms with Gasteiger partial charge in [-0.25, -0.2) is 12.8 Å². The number of hydrogen-bond donors (Lipinski definition) is 0. The van der Waals surface area contributed by atoms with E-state index in [0.29, 0.717) is 24.2 Å². The maximum Gasteiger partial charge on any atom is 0.243 e. The summed E-state index contributed by atoms with van der Waals surface area (Å²) in [7, 11) is -2.43. The standard InChI is InChI=1S/C18H17ClFNO4S/c1-25-13-6-4-12(5-7-13)18(22)17-3-2-10-21(17)26(23,24)14-8-9-16(20)15(19)11-14/h4-9,11,17H,2-3,10H2,1H3/t17-/m1/s1. The van der Waals surface area contributed by atoms with Gasteiger partial charge >= 0.3 is 0 Å². The zero-order valence-corrected chi connectivity index (χ0v) is 15.6. The molecule has 0 amide bonds. The highest BCUT2D eigenvalue weighted by Crippen LogP contribution is 2.30. The van der Waals surface area contributed by atoms with Crippen molar-refractivity contribution in [2.45, 2.75) is 23.8 Å². The number of nitrogens with zero attached hydrogens (tertiary/aromatic N) is 1. The molecule has 1 aliphatic heterocycles. The normalized spacial score (nSPS) is 18.0. The Kier molecular flexibility index (Phi) is 5.32. The van der Waals surface area contributed by atoms with Crippen LogP contribution in [0.1, 0.15) is 23.2 Å². The van der Waals surface area contributed by atoms with E-state index in [0.717, 1.165) is 18.2 Å². The van der Waals surface area contributed by atoms with Crippen molar-refractivity contribution in [3.05, 3.63) is 58.9 Å². The number of methoxy groups -OCH3 is 1. The van der Waals surface area contributed by atoms with Gasteiger partial charge in [0.15, 0.2) is 5.78 Å². The summed E-state index contributed by atoms with van der Waals surface area (Å²) < 4.78 is 45.4. The minimum absolute atomic E-state index is 0.127. The van der Waals surface area contributed by atoms with E-state index in [1.54, 1.807) is 24.3 Å². The summed E-state index contributed by atoms with van der Waals surface area (Å²) in [6.07, 6.45) is 1.000. The molecule has 0 aliphatic carbocycles. The Bertz CT molecular complexity index is 931. The Balaban J connectivity index is 1.91. The fraction of sp³-hybridized carbons (Fsp3) is 0.278. The van der Waals surface area contributed by atoms with Gasteiger partial charge in [-0.2, -0.15) is 4.31 Å². The van der Waals surface area contributed by atoms with E-state index in [1.807, 2.05) is 0 Å². The molecule has 0 aromatic heterocycles. The molecule has 26 heavy (non-hydrogen) atoms. The van der Waals surface area contributed by atoms with Crippen molar-refractivity contribution < 1.29 is 22.3 Å². The molecular weight excluding hydrogens is 381 g/mol. The second kappa shape index (κ2) is 7.34. The van der Waals surface area contributed by atoms with E-state index < -0.39 is 21.9 Å². The molecule has 138 valence electrons. The predicted molar refractivity (Wildman–Crippen MR) is 95.6 cm³/mol. The molecule has 0 spiro atoms. The van der Waals surface area contributed by atoms with Crippen molar-refractivity contribution in [3.8, 4) is 5.75 Å². The lowest BCUT2D eigenvalue weighted by molar-refractivity contribution is 0.0918. The Hall–Kier alpha value is -1.96. The van der Waals surface area contributed by atoms with Gasteiger partial charge in [-0.1, -0.05) is 11.6 Å². The molecule has 0 radical (unpaired) electrons. The number of rotatable bonds is 5. The molecule has 5 nitrogen and oxygen atoms in total. The van der Waals surface area contributed by atoms with E-state index >= 15 is 0 Å². The molecular formula is C18H17ClFNO4S. The highest BCUT2D eigenvalue weighted by Gasteiger charge is 2.39. The molecule has 0 N–H and O–H groups in total. The van der Waals surface area contributed by atoms with Crippen LogP contribution in [-0.4, -0.2) is 38.2 Å². The molecule has 0 unspecified atom stereocenters. The molecule has 1 aliphatic rings. The largest absolute Gasteiger partial charge is 0.497 e. The Labute approximate surface area is 156 Å². The second-order valence-electron chi connectivity index (χ2n) is 5.94. The van der Waals surface area contributed by atoms with E-state index in [2.05, 4.69) is 0 Å². The third kappa shape index (κ3) is 3.47. The third-order valence-electron chi connectivity index (χ3n) is 4.38. The van der Waals surface area contributed by atoms with Crippen LogP contribution in [0.25, 0.3) is 0 Å². The van der Waals surface area contributed by atoms with E-state index in [-0.39, 0.29) is 22.2 Å². The SMILES string of the molecule is COc1ccc(C(=O)[C@H]2CCCN2S(=O)(=O)c2ccc(F)c(Cl)c2)cc1. The Morgan fingerprint density at radius 1 is 1.23 bits per heavy atom. The van der Waals surface area contributed by atoms with E-state index in [4.69, 9.17) is 16.3 Å². The summed E-state index contributed by atoms with van der Waals surface area (Å²) in [4.78, 5) is 12.7. The number of ketones is 1. The minimum atomic E-state index is -3.96. The summed E-state index contributed by atoms with van der Waals surface area (Å²) in [5.74, 6) is -0.363. The fourth-order valence-corrected chi connectivity index (χ4v) is 4.94. The molecule has 0 saturated carbocycles. The minimum Gasteiger partial charge on any atom is -0.497 e. The number of benzene rings is 2. The van der Waals surface area contributed by atoms with Crippen LogP contribution in [0.5, 0.6) is 5.75 Å². The summed E-state index contributed by atoms with van der Waals surface area (Å²) in [5, 5.41) is -0.275. The molecule has 2 aromatic rings. The summed E-state index contributed by atoms with van der Waals surface area (Å²) in [6, 6.07) is 8.96. The van der Waals surface area contributed by atoms with Crippen LogP contribution in [0.15, 0.2) is 47.4 Å². The van der Waals surface area contributed by atoms with Crippen molar-refractivity contribution in [3.63, 3.8) is 0 Å². The van der Waals surface area contributed by atoms with Crippen LogP contribution in [0.3, 0.4) is 0 Å². The van der Waals surface area contributed by atoms with Crippen molar-refractivity contribution >= 4 is 27.4 Å². The zero-order valence-electron chi connectivity index (χ0n) is 14.0. The molecule has 2 aromatic carbocycles. The molecule has 0 bridgehead atoms. The lowest BCUT2D eigenvalue weighted by atomic mass is 10.0. The molecule has 8 heteroatoms. The number of carbonyl (C=O) groups excluding carboxylic acids is 1. The van der Waals surface area contributed by atoms with Gasteiger partial charge in [0.05, 0.1) is 23.1 Å². The van der Waals surface area contributed by atoms with Gasteiger partial charge in [0.2, 0.25) is 10.0 Å². The summed E-state index contributed by atoms with van der Waals surface area (Å²) in [5.41, 5.74) is 0.412. The number of hydrogen-bond acceptors (Lipinski definition) is 4. The van der Waals surface area contributed by atoms with Crippen LogP contribution in [0.2, 0.25) is 5.02 Å². The van der Waals surface area contributed by atoms with Gasteiger partial charge in [0.1, 0.15) is 11.6 Å². The van der Waals surface area contributed by atoms with Crippen LogP contribution >= 0.6 is 11.6 Å². The van der Waals surface area contributed by atoms with E-state index in [1.165, 1.54) is 11.4 Å². The highest BCUT2D eigenvalue weighted by atomic mass is 35.5. The monoisotopic (exact) mass is 397 g/mol. The first-order valence-electron chi connectivity index (χ1n) is 8.00. The maximum absolute atomic E-state index is 13.3. The maximum atomic E-state index is 13.3. The number of halogens is 2. The van der Waals surface area contributed by atoms with Crippen LogP contribution in [0.4, 0.5) is 4.39 Å². The lowest BCUT2D eigenvalue weighted by Crippen LogP contribution is -2.40. The molecule has 1 heterocycles. The highest BCUT2D eigenvalue weighted by molar-refractivity contribution is 7.89. The van der Waals surface area contributed by atoms with Gasteiger partial charge in [-0.05, 0) is 55.3 Å². The Morgan fingerprint density at radius 3 is 2.54 bits per heavy atom. The van der Waals surface area contributed by atoms with Gasteiger partial charge < -0.3 is 4.74 Å². The van der Waals surface area contributed by atoms with Crippen molar-refractivity contribution in [2.75, 3.05) is 13.7 Å². The molecule has 1 atom stereocenters. The van der Waals surface area contributed by atoms with Crippen LogP contribution in [0, 0.1) is 5.82 Å². The number of ether oxygens (including phenoxy) is 1. The van der Waals surface area contributed by atoms with Gasteiger partial charge in [0.25, 0.3) is 0 Å². The predicted octanol–water partition coefficient (Wildman–Crippen LogP) is 3.52. The van der Waals surface area contributed by atoms with E-state index in [9.17, 15) is 17.6 Å². The van der Waals surface area contributed by atoms with Gasteiger partial charge in [0, 0.05) is 12.1 Å². The second-order valence-corrected chi connectivity index (χ2v) is 8.24. The first kappa shape index (κ1) is 18.8. The molecule has 1 fully saturated rings. The quantitative estimate of drug-likeness (QED) is 0.724. The van der Waals surface area contributed by atoms with Gasteiger partial charge in [-0.3, -0.25) is 4.79 Å². The summed E-state index contributed by atoms with van der Waals surface area (Å²) >= 11 is 5.71.